The number of carbonyl (C=O) groups is 1. The molecule has 0 radical (unpaired) electrons. The summed E-state index contributed by atoms with van der Waals surface area (Å²) in [6, 6.07) is 6.32. The van der Waals surface area contributed by atoms with Gasteiger partial charge in [0.15, 0.2) is 0 Å². The number of dihydropyridines is 1. The predicted octanol–water partition coefficient (Wildman–Crippen LogP) is 4.27. The second-order valence-electron chi connectivity index (χ2n) is 8.79. The van der Waals surface area contributed by atoms with Gasteiger partial charge in [-0.15, -0.1) is 0 Å². The van der Waals surface area contributed by atoms with Gasteiger partial charge in [-0.05, 0) is 87.4 Å². The zero-order chi connectivity index (χ0) is 23.0. The summed E-state index contributed by atoms with van der Waals surface area (Å²) >= 11 is 0. The molecule has 6 nitrogen and oxygen atoms in total. The number of nitrogens with one attached hydrogen (secondary N) is 3. The van der Waals surface area contributed by atoms with Gasteiger partial charge >= 0.3 is 0 Å². The number of aromatic amines is 1. The number of carbonyl (C=O) groups excluding carboxylic acids is 1. The van der Waals surface area contributed by atoms with Crippen LogP contribution in [-0.2, 0) is 6.54 Å². The lowest BCUT2D eigenvalue weighted by Crippen LogP contribution is -2.28. The van der Waals surface area contributed by atoms with E-state index in [2.05, 4.69) is 52.4 Å². The minimum Gasteiger partial charge on any atom is -0.387 e. The van der Waals surface area contributed by atoms with Gasteiger partial charge in [0.2, 0.25) is 0 Å². The first-order valence-electron chi connectivity index (χ1n) is 11.0. The van der Waals surface area contributed by atoms with Crippen molar-refractivity contribution >= 4 is 22.4 Å². The van der Waals surface area contributed by atoms with Gasteiger partial charge in [-0.3, -0.25) is 9.59 Å². The van der Waals surface area contributed by atoms with E-state index >= 15 is 0 Å². The van der Waals surface area contributed by atoms with Crippen molar-refractivity contribution in [1.29, 1.82) is 0 Å². The van der Waals surface area contributed by atoms with Crippen molar-refractivity contribution in [2.75, 3.05) is 6.54 Å². The number of amides is 1. The van der Waals surface area contributed by atoms with Crippen molar-refractivity contribution in [3.05, 3.63) is 86.6 Å². The highest BCUT2D eigenvalue weighted by Gasteiger charge is 2.20. The monoisotopic (exact) mass is 430 g/mol. The number of benzene rings is 1. The molecule has 6 heteroatoms. The molecule has 0 bridgehead atoms. The minimum absolute atomic E-state index is 0.158. The Morgan fingerprint density at radius 3 is 2.59 bits per heavy atom. The molecule has 0 atom stereocenters. The molecule has 166 valence electrons. The van der Waals surface area contributed by atoms with Gasteiger partial charge < -0.3 is 20.2 Å². The van der Waals surface area contributed by atoms with E-state index in [1.807, 2.05) is 45.2 Å². The predicted molar refractivity (Wildman–Crippen MR) is 130 cm³/mol. The van der Waals surface area contributed by atoms with Crippen molar-refractivity contribution in [1.82, 2.24) is 20.2 Å². The van der Waals surface area contributed by atoms with Gasteiger partial charge in [0.05, 0.1) is 0 Å². The number of nitrogens with zero attached hydrogens (tertiary/aromatic N) is 1. The number of allylic oxidation sites excluding steroid dienone is 2. The third-order valence-corrected chi connectivity index (χ3v) is 6.02. The number of pyridine rings is 1. The van der Waals surface area contributed by atoms with Crippen molar-refractivity contribution < 1.29 is 4.79 Å². The van der Waals surface area contributed by atoms with E-state index in [-0.39, 0.29) is 24.1 Å². The summed E-state index contributed by atoms with van der Waals surface area (Å²) in [4.78, 5) is 28.6. The molecule has 1 amide bonds. The van der Waals surface area contributed by atoms with E-state index in [4.69, 9.17) is 0 Å². The molecular weight excluding hydrogens is 400 g/mol. The Bertz CT molecular complexity index is 1320. The molecule has 3 N–H and O–H groups in total. The van der Waals surface area contributed by atoms with Gasteiger partial charge in [0.25, 0.3) is 11.5 Å². The fourth-order valence-corrected chi connectivity index (χ4v) is 4.40. The number of hydrogen-bond donors (Lipinski definition) is 3. The number of H-pyrrole nitrogens is 1. The number of fused-ring (bicyclic) bond motifs is 1. The van der Waals surface area contributed by atoms with Gasteiger partial charge in [-0.1, -0.05) is 6.08 Å². The third-order valence-electron chi connectivity index (χ3n) is 6.02. The van der Waals surface area contributed by atoms with Crippen molar-refractivity contribution in [3.8, 4) is 0 Å². The summed E-state index contributed by atoms with van der Waals surface area (Å²) in [5.74, 6) is -0.180. The Balaban J connectivity index is 1.78. The molecule has 1 aliphatic rings. The summed E-state index contributed by atoms with van der Waals surface area (Å²) in [7, 11) is 0. The Hall–Kier alpha value is -3.54. The molecule has 3 heterocycles. The van der Waals surface area contributed by atoms with E-state index in [0.29, 0.717) is 17.7 Å². The average molecular weight is 431 g/mol. The van der Waals surface area contributed by atoms with Crippen LogP contribution in [0.5, 0.6) is 0 Å². The topological polar surface area (TPSA) is 78.9 Å². The average Bonchev–Trinajstić information content (AvgIpc) is 3.09. The number of hydrogen-bond acceptors (Lipinski definition) is 3. The third kappa shape index (κ3) is 4.00. The van der Waals surface area contributed by atoms with E-state index in [1.54, 1.807) is 0 Å². The maximum Gasteiger partial charge on any atom is 0.253 e. The molecule has 32 heavy (non-hydrogen) atoms. The first kappa shape index (κ1) is 21.7. The summed E-state index contributed by atoms with van der Waals surface area (Å²) < 4.78 is 2.21. The zero-order valence-corrected chi connectivity index (χ0v) is 19.3. The van der Waals surface area contributed by atoms with Crippen LogP contribution in [0.3, 0.4) is 0 Å². The smallest absolute Gasteiger partial charge is 0.253 e. The van der Waals surface area contributed by atoms with Crippen molar-refractivity contribution in [2.45, 2.75) is 47.2 Å². The lowest BCUT2D eigenvalue weighted by atomic mass is 9.97. The normalized spacial score (nSPS) is 13.4. The Kier molecular flexibility index (Phi) is 5.78. The summed E-state index contributed by atoms with van der Waals surface area (Å²) in [6.45, 7) is 11.0. The van der Waals surface area contributed by atoms with Gasteiger partial charge in [0, 0.05) is 53.1 Å². The van der Waals surface area contributed by atoms with E-state index in [0.717, 1.165) is 38.9 Å². The fraction of sp³-hybridized carbons (Fsp3) is 0.308. The van der Waals surface area contributed by atoms with Crippen LogP contribution in [0.2, 0.25) is 0 Å². The maximum atomic E-state index is 13.4. The molecule has 0 unspecified atom stereocenters. The van der Waals surface area contributed by atoms with E-state index in [9.17, 15) is 9.59 Å². The Labute approximate surface area is 188 Å². The molecule has 0 saturated carbocycles. The molecule has 4 rings (SSSR count). The van der Waals surface area contributed by atoms with E-state index in [1.165, 1.54) is 0 Å². The zero-order valence-electron chi connectivity index (χ0n) is 19.3. The molecule has 0 spiro atoms. The lowest BCUT2D eigenvalue weighted by molar-refractivity contribution is 0.0952. The molecular formula is C26H30N4O2. The fourth-order valence-electron chi connectivity index (χ4n) is 4.40. The summed E-state index contributed by atoms with van der Waals surface area (Å²) in [5, 5.41) is 7.18. The lowest BCUT2D eigenvalue weighted by Gasteiger charge is -2.16. The quantitative estimate of drug-likeness (QED) is 0.566. The molecule has 1 aromatic carbocycles. The molecule has 0 aliphatic carbocycles. The number of aromatic nitrogens is 2. The summed E-state index contributed by atoms with van der Waals surface area (Å²) in [5.41, 5.74) is 6.98. The van der Waals surface area contributed by atoms with Crippen LogP contribution >= 0.6 is 0 Å². The van der Waals surface area contributed by atoms with Crippen LogP contribution in [-0.4, -0.2) is 22.0 Å². The second kappa shape index (κ2) is 8.54. The maximum absolute atomic E-state index is 13.4. The van der Waals surface area contributed by atoms with Crippen molar-refractivity contribution in [3.63, 3.8) is 0 Å². The van der Waals surface area contributed by atoms with Crippen molar-refractivity contribution in [2.24, 2.45) is 0 Å². The molecule has 1 aliphatic heterocycles. The number of rotatable bonds is 5. The second-order valence-corrected chi connectivity index (χ2v) is 8.79. The van der Waals surface area contributed by atoms with E-state index < -0.39 is 0 Å². The minimum atomic E-state index is -0.180. The largest absolute Gasteiger partial charge is 0.387 e. The summed E-state index contributed by atoms with van der Waals surface area (Å²) in [6.07, 6.45) is 8.07. The Morgan fingerprint density at radius 1 is 1.16 bits per heavy atom. The van der Waals surface area contributed by atoms with Gasteiger partial charge in [-0.2, -0.15) is 0 Å². The van der Waals surface area contributed by atoms with Crippen LogP contribution < -0.4 is 16.2 Å². The van der Waals surface area contributed by atoms with Crippen LogP contribution in [0, 0.1) is 20.8 Å². The van der Waals surface area contributed by atoms with Gasteiger partial charge in [0.1, 0.15) is 0 Å². The Morgan fingerprint density at radius 2 is 1.94 bits per heavy atom. The molecule has 2 aromatic heterocycles. The van der Waals surface area contributed by atoms with Crippen LogP contribution in [0.1, 0.15) is 58.2 Å². The molecule has 0 fully saturated rings. The van der Waals surface area contributed by atoms with Gasteiger partial charge in [-0.25, -0.2) is 0 Å². The van der Waals surface area contributed by atoms with Crippen LogP contribution in [0.4, 0.5) is 0 Å². The van der Waals surface area contributed by atoms with Crippen LogP contribution in [0.15, 0.2) is 47.5 Å². The first-order chi connectivity index (χ1) is 15.3. The first-order valence-corrected chi connectivity index (χ1v) is 11.0. The highest BCUT2D eigenvalue weighted by atomic mass is 16.1. The highest BCUT2D eigenvalue weighted by Crippen LogP contribution is 2.31. The SMILES string of the molecule is Cc1cc(C)c(CNC(=O)c2cc(C3=CC=CNC3)cc3c2c(C)cn3C(C)C)c(=O)[nH]1. The molecule has 3 aromatic rings. The van der Waals surface area contributed by atoms with Crippen LogP contribution in [0.25, 0.3) is 16.5 Å². The highest BCUT2D eigenvalue weighted by molar-refractivity contribution is 6.09. The molecule has 0 saturated heterocycles. The number of aryl methyl sites for hydroxylation is 3. The standard InChI is InChI=1S/C26H30N4O2/c1-15(2)30-14-17(4)24-21(10-20(11-23(24)30)19-7-6-8-27-12-19)25(31)28-13-22-16(3)9-18(5)29-26(22)32/h6-11,14-15,27H,12-13H2,1-5H3,(H,28,31)(H,29,32).